The van der Waals surface area contributed by atoms with E-state index in [2.05, 4.69) is 0 Å². The van der Waals surface area contributed by atoms with Crippen molar-refractivity contribution in [3.05, 3.63) is 21.8 Å². The first-order chi connectivity index (χ1) is 6.98. The number of hydrogen-bond acceptors (Lipinski definition) is 3. The highest BCUT2D eigenvalue weighted by Crippen LogP contribution is 2.33. The third-order valence-corrected chi connectivity index (χ3v) is 2.91. The molecule has 0 aromatic heterocycles. The van der Waals surface area contributed by atoms with Crippen molar-refractivity contribution in [3.8, 4) is 0 Å². The van der Waals surface area contributed by atoms with Crippen molar-refractivity contribution in [2.75, 3.05) is 0 Å². The van der Waals surface area contributed by atoms with Crippen molar-refractivity contribution in [1.82, 2.24) is 0 Å². The summed E-state index contributed by atoms with van der Waals surface area (Å²) in [6.07, 6.45) is 4.80. The van der Waals surface area contributed by atoms with Crippen molar-refractivity contribution < 1.29 is 14.8 Å². The Morgan fingerprint density at radius 2 is 1.93 bits per heavy atom. The maximum atomic E-state index is 11.0. The maximum absolute atomic E-state index is 11.0. The topological polar surface area (TPSA) is 80.4 Å². The number of carboxylic acids is 1. The van der Waals surface area contributed by atoms with E-state index >= 15 is 0 Å². The molecule has 0 unspecified atom stereocenters. The lowest BCUT2D eigenvalue weighted by Gasteiger charge is -2.26. The first-order valence-corrected chi connectivity index (χ1v) is 5.05. The van der Waals surface area contributed by atoms with Crippen molar-refractivity contribution in [1.29, 1.82) is 0 Å². The van der Waals surface area contributed by atoms with Gasteiger partial charge in [0.15, 0.2) is 0 Å². The predicted molar refractivity (Wildman–Crippen MR) is 54.2 cm³/mol. The lowest BCUT2D eigenvalue weighted by atomic mass is 9.81. The largest absolute Gasteiger partial charge is 0.478 e. The SMILES string of the molecule is CC(=CC1([N+](=O)[O-])CCCCC1)C(=O)O. The molecule has 1 N–H and O–H groups in total. The zero-order valence-corrected chi connectivity index (χ0v) is 8.73. The molecule has 1 saturated carbocycles. The summed E-state index contributed by atoms with van der Waals surface area (Å²) in [6.45, 7) is 1.40. The summed E-state index contributed by atoms with van der Waals surface area (Å²) in [4.78, 5) is 21.3. The van der Waals surface area contributed by atoms with Crippen LogP contribution in [0.2, 0.25) is 0 Å². The van der Waals surface area contributed by atoms with Gasteiger partial charge in [-0.1, -0.05) is 6.42 Å². The monoisotopic (exact) mass is 213 g/mol. The first-order valence-electron chi connectivity index (χ1n) is 5.05. The molecule has 0 heterocycles. The number of aliphatic carboxylic acids is 1. The Morgan fingerprint density at radius 3 is 2.33 bits per heavy atom. The number of nitro groups is 1. The summed E-state index contributed by atoms with van der Waals surface area (Å²) >= 11 is 0. The second-order valence-corrected chi connectivity index (χ2v) is 4.05. The van der Waals surface area contributed by atoms with Crippen LogP contribution in [0.25, 0.3) is 0 Å². The van der Waals surface area contributed by atoms with Gasteiger partial charge in [0.25, 0.3) is 0 Å². The molecule has 0 bridgehead atoms. The molecule has 0 aromatic rings. The molecule has 5 nitrogen and oxygen atoms in total. The van der Waals surface area contributed by atoms with Crippen molar-refractivity contribution >= 4 is 5.97 Å². The Balaban J connectivity index is 2.96. The molecular formula is C10H15NO4. The molecular weight excluding hydrogens is 198 g/mol. The zero-order chi connectivity index (χ0) is 11.5. The van der Waals surface area contributed by atoms with E-state index in [0.29, 0.717) is 12.8 Å². The number of hydrogen-bond donors (Lipinski definition) is 1. The van der Waals surface area contributed by atoms with Gasteiger partial charge in [0.05, 0.1) is 0 Å². The number of rotatable bonds is 3. The summed E-state index contributed by atoms with van der Waals surface area (Å²) in [6, 6.07) is 0. The Kier molecular flexibility index (Phi) is 3.44. The molecule has 1 fully saturated rings. The van der Waals surface area contributed by atoms with E-state index in [1.807, 2.05) is 0 Å². The minimum Gasteiger partial charge on any atom is -0.478 e. The van der Waals surface area contributed by atoms with Crippen molar-refractivity contribution in [2.24, 2.45) is 0 Å². The highest BCUT2D eigenvalue weighted by Gasteiger charge is 2.42. The Hall–Kier alpha value is -1.39. The molecule has 1 aliphatic carbocycles. The van der Waals surface area contributed by atoms with Crippen LogP contribution in [0.1, 0.15) is 39.0 Å². The number of carboxylic acid groups (broad SMARTS) is 1. The van der Waals surface area contributed by atoms with E-state index in [9.17, 15) is 14.9 Å². The highest BCUT2D eigenvalue weighted by molar-refractivity contribution is 5.86. The van der Waals surface area contributed by atoms with Crippen molar-refractivity contribution in [2.45, 2.75) is 44.6 Å². The van der Waals surface area contributed by atoms with E-state index in [-0.39, 0.29) is 10.5 Å². The van der Waals surface area contributed by atoms with Gasteiger partial charge in [-0.2, -0.15) is 0 Å². The van der Waals surface area contributed by atoms with E-state index < -0.39 is 11.5 Å². The average Bonchev–Trinajstić information content (AvgIpc) is 2.18. The highest BCUT2D eigenvalue weighted by atomic mass is 16.6. The van der Waals surface area contributed by atoms with Crippen LogP contribution in [0, 0.1) is 10.1 Å². The summed E-state index contributed by atoms with van der Waals surface area (Å²) in [7, 11) is 0. The van der Waals surface area contributed by atoms with Crippen LogP contribution in [0.4, 0.5) is 0 Å². The van der Waals surface area contributed by atoms with Gasteiger partial charge in [-0.25, -0.2) is 4.79 Å². The van der Waals surface area contributed by atoms with Crippen LogP contribution in [0.3, 0.4) is 0 Å². The molecule has 1 rings (SSSR count). The molecule has 5 heteroatoms. The summed E-state index contributed by atoms with van der Waals surface area (Å²) < 4.78 is 0. The zero-order valence-electron chi connectivity index (χ0n) is 8.73. The molecule has 0 amide bonds. The number of carbonyl (C=O) groups is 1. The van der Waals surface area contributed by atoms with Crippen LogP contribution in [-0.4, -0.2) is 21.5 Å². The third-order valence-electron chi connectivity index (χ3n) is 2.91. The molecule has 0 aliphatic heterocycles. The smallest absolute Gasteiger partial charge is 0.331 e. The average molecular weight is 213 g/mol. The van der Waals surface area contributed by atoms with Gasteiger partial charge in [0.1, 0.15) is 0 Å². The van der Waals surface area contributed by atoms with Crippen LogP contribution in [0.5, 0.6) is 0 Å². The minimum atomic E-state index is -1.14. The van der Waals surface area contributed by atoms with Gasteiger partial charge < -0.3 is 5.11 Å². The first kappa shape index (κ1) is 11.7. The van der Waals surface area contributed by atoms with Gasteiger partial charge >= 0.3 is 5.97 Å². The molecule has 1 aliphatic rings. The van der Waals surface area contributed by atoms with E-state index in [0.717, 1.165) is 19.3 Å². The van der Waals surface area contributed by atoms with Gasteiger partial charge in [0, 0.05) is 29.4 Å². The molecule has 0 atom stereocenters. The summed E-state index contributed by atoms with van der Waals surface area (Å²) in [5.41, 5.74) is -1.07. The van der Waals surface area contributed by atoms with Gasteiger partial charge in [-0.3, -0.25) is 10.1 Å². The Bertz CT molecular complexity index is 303. The molecule has 0 saturated heterocycles. The van der Waals surface area contributed by atoms with Crippen LogP contribution in [0.15, 0.2) is 11.6 Å². The van der Waals surface area contributed by atoms with Crippen LogP contribution < -0.4 is 0 Å². The van der Waals surface area contributed by atoms with Gasteiger partial charge in [0.2, 0.25) is 5.54 Å². The van der Waals surface area contributed by atoms with Crippen LogP contribution >= 0.6 is 0 Å². The van der Waals surface area contributed by atoms with E-state index in [1.54, 1.807) is 0 Å². The Morgan fingerprint density at radius 1 is 1.40 bits per heavy atom. The lowest BCUT2D eigenvalue weighted by molar-refractivity contribution is -0.559. The third kappa shape index (κ3) is 2.55. The number of nitrogens with zero attached hydrogens (tertiary/aromatic N) is 1. The minimum absolute atomic E-state index is 0.0635. The standard InChI is InChI=1S/C10H15NO4/c1-8(9(12)13)7-10(11(14)15)5-3-2-4-6-10/h7H,2-6H2,1H3,(H,12,13). The van der Waals surface area contributed by atoms with Gasteiger partial charge in [-0.05, 0) is 19.8 Å². The molecule has 0 spiro atoms. The molecule has 84 valence electrons. The second-order valence-electron chi connectivity index (χ2n) is 4.05. The Labute approximate surface area is 87.9 Å². The molecule has 0 aromatic carbocycles. The normalized spacial score (nSPS) is 21.0. The predicted octanol–water partition coefficient (Wildman–Crippen LogP) is 2.00. The van der Waals surface area contributed by atoms with Crippen molar-refractivity contribution in [3.63, 3.8) is 0 Å². The van der Waals surface area contributed by atoms with Crippen LogP contribution in [-0.2, 0) is 4.79 Å². The van der Waals surface area contributed by atoms with E-state index in [4.69, 9.17) is 5.11 Å². The molecule has 0 radical (unpaired) electrons. The van der Waals surface area contributed by atoms with Gasteiger partial charge in [-0.15, -0.1) is 0 Å². The van der Waals surface area contributed by atoms with E-state index in [1.165, 1.54) is 13.0 Å². The lowest BCUT2D eigenvalue weighted by Crippen LogP contribution is -2.38. The fraction of sp³-hybridized carbons (Fsp3) is 0.700. The molecule has 15 heavy (non-hydrogen) atoms. The summed E-state index contributed by atoms with van der Waals surface area (Å²) in [5, 5.41) is 19.7. The maximum Gasteiger partial charge on any atom is 0.331 e. The second kappa shape index (κ2) is 4.42. The fourth-order valence-electron chi connectivity index (χ4n) is 2.01. The summed E-state index contributed by atoms with van der Waals surface area (Å²) in [5.74, 6) is -1.08. The quantitative estimate of drug-likeness (QED) is 0.441. The fourth-order valence-corrected chi connectivity index (χ4v) is 2.01.